The van der Waals surface area contributed by atoms with Gasteiger partial charge in [-0.1, -0.05) is 67.6 Å². The third-order valence-electron chi connectivity index (χ3n) is 5.13. The molecule has 2 nitrogen and oxygen atoms in total. The molecule has 0 radical (unpaired) electrons. The van der Waals surface area contributed by atoms with Gasteiger partial charge < -0.3 is 0 Å². The van der Waals surface area contributed by atoms with Crippen LogP contribution in [-0.4, -0.2) is 41.5 Å². The molecule has 0 N–H and O–H groups in total. The number of hydrogen-bond donors (Lipinski definition) is 0. The lowest BCUT2D eigenvalue weighted by atomic mass is 9.93. The third-order valence-corrected chi connectivity index (χ3v) is 5.13. The van der Waals surface area contributed by atoms with Crippen LogP contribution in [-0.2, 0) is 0 Å². The fraction of sp³-hybridized carbons (Fsp3) is 0.429. The van der Waals surface area contributed by atoms with Crippen LogP contribution in [0.5, 0.6) is 0 Å². The molecule has 0 aliphatic carbocycles. The first-order chi connectivity index (χ1) is 11.2. The van der Waals surface area contributed by atoms with Gasteiger partial charge in [-0.25, -0.2) is 0 Å². The van der Waals surface area contributed by atoms with Gasteiger partial charge in [-0.15, -0.1) is 0 Å². The van der Waals surface area contributed by atoms with E-state index in [0.717, 1.165) is 19.6 Å². The van der Waals surface area contributed by atoms with Gasteiger partial charge in [0.25, 0.3) is 0 Å². The molecule has 1 saturated heterocycles. The molecule has 2 aromatic rings. The van der Waals surface area contributed by atoms with Gasteiger partial charge in [-0.2, -0.15) is 0 Å². The number of likely N-dealkylation sites (N-methyl/N-ethyl adjacent to an activating group) is 1. The first-order valence-corrected chi connectivity index (χ1v) is 8.80. The lowest BCUT2D eigenvalue weighted by Gasteiger charge is -2.47. The molecule has 23 heavy (non-hydrogen) atoms. The Morgan fingerprint density at radius 2 is 1.35 bits per heavy atom. The van der Waals surface area contributed by atoms with E-state index in [9.17, 15) is 0 Å². The van der Waals surface area contributed by atoms with Gasteiger partial charge in [0.2, 0.25) is 0 Å². The van der Waals surface area contributed by atoms with Crippen LogP contribution in [0.25, 0.3) is 0 Å². The molecule has 0 aromatic heterocycles. The Labute approximate surface area is 140 Å². The maximum absolute atomic E-state index is 2.68. The van der Waals surface area contributed by atoms with E-state index in [0.29, 0.717) is 18.1 Å². The number of hydrogen-bond acceptors (Lipinski definition) is 2. The van der Waals surface area contributed by atoms with E-state index in [-0.39, 0.29) is 0 Å². The molecule has 2 aromatic carbocycles. The Balaban J connectivity index is 1.96. The Kier molecular flexibility index (Phi) is 5.14. The molecular weight excluding hydrogens is 280 g/mol. The minimum absolute atomic E-state index is 0.342. The molecule has 1 unspecified atom stereocenters. The molecule has 2 atom stereocenters. The van der Waals surface area contributed by atoms with Gasteiger partial charge in [-0.3, -0.25) is 9.80 Å². The highest BCUT2D eigenvalue weighted by Gasteiger charge is 2.33. The van der Waals surface area contributed by atoms with Gasteiger partial charge in [0.15, 0.2) is 0 Å². The molecule has 0 amide bonds. The molecule has 1 aliphatic rings. The van der Waals surface area contributed by atoms with Crippen LogP contribution < -0.4 is 0 Å². The van der Waals surface area contributed by atoms with E-state index in [1.807, 2.05) is 0 Å². The fourth-order valence-electron chi connectivity index (χ4n) is 3.87. The molecule has 0 bridgehead atoms. The van der Waals surface area contributed by atoms with Gasteiger partial charge in [0.1, 0.15) is 0 Å². The van der Waals surface area contributed by atoms with Crippen molar-refractivity contribution in [1.82, 2.24) is 9.80 Å². The first kappa shape index (κ1) is 16.2. The summed E-state index contributed by atoms with van der Waals surface area (Å²) in [5, 5.41) is 0. The topological polar surface area (TPSA) is 6.48 Å². The normalized spacial score (nSPS) is 23.3. The van der Waals surface area contributed by atoms with Crippen molar-refractivity contribution in [2.45, 2.75) is 38.9 Å². The predicted octanol–water partition coefficient (Wildman–Crippen LogP) is 4.19. The van der Waals surface area contributed by atoms with Crippen molar-refractivity contribution in [3.05, 3.63) is 71.8 Å². The molecule has 3 rings (SSSR count). The molecule has 0 saturated carbocycles. The monoisotopic (exact) mass is 308 g/mol. The van der Waals surface area contributed by atoms with Crippen molar-refractivity contribution in [3.8, 4) is 0 Å². The van der Waals surface area contributed by atoms with Crippen LogP contribution in [0.2, 0.25) is 0 Å². The number of rotatable bonds is 4. The Morgan fingerprint density at radius 3 is 1.83 bits per heavy atom. The Morgan fingerprint density at radius 1 is 0.826 bits per heavy atom. The Hall–Kier alpha value is -1.64. The highest BCUT2D eigenvalue weighted by atomic mass is 15.3. The highest BCUT2D eigenvalue weighted by molar-refractivity contribution is 5.32. The fourth-order valence-corrected chi connectivity index (χ4v) is 3.87. The van der Waals surface area contributed by atoms with E-state index in [4.69, 9.17) is 0 Å². The second kappa shape index (κ2) is 7.29. The second-order valence-corrected chi connectivity index (χ2v) is 6.71. The molecule has 2 heteroatoms. The van der Waals surface area contributed by atoms with Crippen LogP contribution in [0.1, 0.15) is 37.9 Å². The SMILES string of the molecule is CCN1CC(C)N(C(c2ccccc2)c2ccccc2)C[C@H]1C. The summed E-state index contributed by atoms with van der Waals surface area (Å²) >= 11 is 0. The summed E-state index contributed by atoms with van der Waals surface area (Å²) in [5.74, 6) is 0. The average molecular weight is 308 g/mol. The van der Waals surface area contributed by atoms with Crippen molar-refractivity contribution in [3.63, 3.8) is 0 Å². The molecule has 1 aliphatic heterocycles. The van der Waals surface area contributed by atoms with E-state index in [1.165, 1.54) is 11.1 Å². The highest BCUT2D eigenvalue weighted by Crippen LogP contribution is 2.32. The zero-order valence-electron chi connectivity index (χ0n) is 14.5. The van der Waals surface area contributed by atoms with E-state index in [1.54, 1.807) is 0 Å². The molecule has 122 valence electrons. The summed E-state index contributed by atoms with van der Waals surface area (Å²) in [6, 6.07) is 23.4. The predicted molar refractivity (Wildman–Crippen MR) is 97.6 cm³/mol. The third kappa shape index (κ3) is 3.49. The van der Waals surface area contributed by atoms with Crippen molar-refractivity contribution in [1.29, 1.82) is 0 Å². The lowest BCUT2D eigenvalue weighted by molar-refractivity contribution is 0.0271. The minimum atomic E-state index is 0.342. The Bertz CT molecular complexity index is 556. The molecular formula is C21H28N2. The van der Waals surface area contributed by atoms with E-state index in [2.05, 4.69) is 91.2 Å². The quantitative estimate of drug-likeness (QED) is 0.835. The van der Waals surface area contributed by atoms with Crippen LogP contribution in [0.15, 0.2) is 60.7 Å². The standard InChI is InChI=1S/C21H28N2/c1-4-22-15-18(3)23(16-17(22)2)21(19-11-7-5-8-12-19)20-13-9-6-10-14-20/h5-14,17-18,21H,4,15-16H2,1-3H3/t17-,18?/m1/s1. The summed E-state index contributed by atoms with van der Waals surface area (Å²) in [5.41, 5.74) is 2.78. The van der Waals surface area contributed by atoms with E-state index >= 15 is 0 Å². The van der Waals surface area contributed by atoms with Crippen LogP contribution in [0.3, 0.4) is 0 Å². The number of nitrogens with zero attached hydrogens (tertiary/aromatic N) is 2. The summed E-state index contributed by atoms with van der Waals surface area (Å²) in [6.45, 7) is 10.4. The maximum Gasteiger partial charge on any atom is 0.0605 e. The van der Waals surface area contributed by atoms with Crippen molar-refractivity contribution in [2.24, 2.45) is 0 Å². The smallest absolute Gasteiger partial charge is 0.0605 e. The zero-order valence-corrected chi connectivity index (χ0v) is 14.5. The summed E-state index contributed by atoms with van der Waals surface area (Å²) in [4.78, 5) is 5.27. The van der Waals surface area contributed by atoms with Gasteiger partial charge in [0, 0.05) is 25.2 Å². The van der Waals surface area contributed by atoms with Gasteiger partial charge >= 0.3 is 0 Å². The summed E-state index contributed by atoms with van der Waals surface area (Å²) in [6.07, 6.45) is 0. The summed E-state index contributed by atoms with van der Waals surface area (Å²) < 4.78 is 0. The van der Waals surface area contributed by atoms with Gasteiger partial charge in [0.05, 0.1) is 6.04 Å². The number of benzene rings is 2. The molecule has 1 heterocycles. The largest absolute Gasteiger partial charge is 0.298 e. The molecule has 0 spiro atoms. The lowest BCUT2D eigenvalue weighted by Crippen LogP contribution is -2.57. The van der Waals surface area contributed by atoms with Crippen LogP contribution >= 0.6 is 0 Å². The van der Waals surface area contributed by atoms with Crippen molar-refractivity contribution in [2.75, 3.05) is 19.6 Å². The minimum Gasteiger partial charge on any atom is -0.298 e. The van der Waals surface area contributed by atoms with Crippen LogP contribution in [0.4, 0.5) is 0 Å². The maximum atomic E-state index is 2.68. The van der Waals surface area contributed by atoms with Crippen LogP contribution in [0, 0.1) is 0 Å². The second-order valence-electron chi connectivity index (χ2n) is 6.71. The van der Waals surface area contributed by atoms with E-state index < -0.39 is 0 Å². The first-order valence-electron chi connectivity index (χ1n) is 8.80. The zero-order chi connectivity index (χ0) is 16.2. The van der Waals surface area contributed by atoms with Gasteiger partial charge in [-0.05, 0) is 31.5 Å². The van der Waals surface area contributed by atoms with Crippen molar-refractivity contribution < 1.29 is 0 Å². The molecule has 1 fully saturated rings. The summed E-state index contributed by atoms with van der Waals surface area (Å²) in [7, 11) is 0. The number of piperazine rings is 1. The average Bonchev–Trinajstić information content (AvgIpc) is 2.60. The van der Waals surface area contributed by atoms with Crippen molar-refractivity contribution >= 4 is 0 Å².